The standard InChI is InChI=1S/C21H19Cl2N3O2/c1-26(13-20(28)25-21-16(22)9-5-10-17(21)23)12-19(27)24-18-11-4-7-14-6-2-3-8-15(14)18/h2-11H,12-13H2,1H3,(H,24,27)(H,25,28). The first-order chi connectivity index (χ1) is 13.4. The molecule has 0 spiro atoms. The van der Waals surface area contributed by atoms with Crippen LogP contribution in [-0.4, -0.2) is 36.9 Å². The van der Waals surface area contributed by atoms with E-state index >= 15 is 0 Å². The van der Waals surface area contributed by atoms with E-state index in [9.17, 15) is 9.59 Å². The summed E-state index contributed by atoms with van der Waals surface area (Å²) in [5, 5.41) is 8.31. The third kappa shape index (κ3) is 5.01. The van der Waals surface area contributed by atoms with Crippen molar-refractivity contribution in [2.75, 3.05) is 30.8 Å². The number of carbonyl (C=O) groups is 2. The minimum Gasteiger partial charge on any atom is -0.324 e. The number of benzene rings is 3. The van der Waals surface area contributed by atoms with Gasteiger partial charge in [-0.25, -0.2) is 0 Å². The van der Waals surface area contributed by atoms with E-state index in [2.05, 4.69) is 10.6 Å². The highest BCUT2D eigenvalue weighted by molar-refractivity contribution is 6.39. The largest absolute Gasteiger partial charge is 0.324 e. The fourth-order valence-electron chi connectivity index (χ4n) is 2.87. The van der Waals surface area contributed by atoms with Crippen molar-refractivity contribution in [1.29, 1.82) is 0 Å². The van der Waals surface area contributed by atoms with E-state index in [-0.39, 0.29) is 24.9 Å². The first kappa shape index (κ1) is 20.1. The number of para-hydroxylation sites is 1. The summed E-state index contributed by atoms with van der Waals surface area (Å²) in [6.07, 6.45) is 0. The number of carbonyl (C=O) groups excluding carboxylic acids is 2. The Hall–Kier alpha value is -2.60. The SMILES string of the molecule is CN(CC(=O)Nc1c(Cl)cccc1Cl)CC(=O)Nc1cccc2ccccc12. The molecular weight excluding hydrogens is 397 g/mol. The van der Waals surface area contributed by atoms with E-state index in [1.54, 1.807) is 30.1 Å². The van der Waals surface area contributed by atoms with E-state index in [0.717, 1.165) is 16.5 Å². The van der Waals surface area contributed by atoms with Crippen LogP contribution in [0.3, 0.4) is 0 Å². The van der Waals surface area contributed by atoms with Crippen LogP contribution >= 0.6 is 23.2 Å². The highest BCUT2D eigenvalue weighted by Gasteiger charge is 2.14. The van der Waals surface area contributed by atoms with Gasteiger partial charge in [-0.1, -0.05) is 65.7 Å². The number of likely N-dealkylation sites (N-methyl/N-ethyl adjacent to an activating group) is 1. The van der Waals surface area contributed by atoms with Crippen LogP contribution in [0.25, 0.3) is 10.8 Å². The minimum absolute atomic E-state index is 0.0184. The maximum Gasteiger partial charge on any atom is 0.238 e. The molecule has 0 aromatic heterocycles. The number of rotatable bonds is 6. The molecule has 0 saturated carbocycles. The van der Waals surface area contributed by atoms with Crippen LogP contribution in [0.2, 0.25) is 10.0 Å². The Balaban J connectivity index is 1.57. The number of hydrogen-bond donors (Lipinski definition) is 2. The fourth-order valence-corrected chi connectivity index (χ4v) is 3.36. The van der Waals surface area contributed by atoms with Crippen molar-refractivity contribution in [1.82, 2.24) is 4.90 Å². The first-order valence-corrected chi connectivity index (χ1v) is 9.39. The lowest BCUT2D eigenvalue weighted by Crippen LogP contribution is -2.36. The molecule has 2 amide bonds. The van der Waals surface area contributed by atoms with Gasteiger partial charge in [0, 0.05) is 11.1 Å². The van der Waals surface area contributed by atoms with E-state index in [1.165, 1.54) is 0 Å². The van der Waals surface area contributed by atoms with Crippen molar-refractivity contribution >= 4 is 57.2 Å². The summed E-state index contributed by atoms with van der Waals surface area (Å²) in [5.74, 6) is -0.516. The van der Waals surface area contributed by atoms with Crippen LogP contribution in [0, 0.1) is 0 Å². The third-order valence-corrected chi connectivity index (χ3v) is 4.75. The van der Waals surface area contributed by atoms with Gasteiger partial charge in [0.05, 0.1) is 28.8 Å². The molecule has 7 heteroatoms. The highest BCUT2D eigenvalue weighted by atomic mass is 35.5. The molecule has 0 heterocycles. The van der Waals surface area contributed by atoms with E-state index in [0.29, 0.717) is 15.7 Å². The van der Waals surface area contributed by atoms with Crippen molar-refractivity contribution in [2.45, 2.75) is 0 Å². The fraction of sp³-hybridized carbons (Fsp3) is 0.143. The quantitative estimate of drug-likeness (QED) is 0.615. The smallest absolute Gasteiger partial charge is 0.238 e. The van der Waals surface area contributed by atoms with Crippen LogP contribution < -0.4 is 10.6 Å². The van der Waals surface area contributed by atoms with E-state index in [1.807, 2.05) is 42.5 Å². The highest BCUT2D eigenvalue weighted by Crippen LogP contribution is 2.29. The number of amides is 2. The van der Waals surface area contributed by atoms with Crippen molar-refractivity contribution in [3.05, 3.63) is 70.7 Å². The zero-order valence-corrected chi connectivity index (χ0v) is 16.7. The zero-order chi connectivity index (χ0) is 20.1. The van der Waals surface area contributed by atoms with Gasteiger partial charge in [-0.05, 0) is 30.6 Å². The van der Waals surface area contributed by atoms with Gasteiger partial charge >= 0.3 is 0 Å². The maximum atomic E-state index is 12.4. The summed E-state index contributed by atoms with van der Waals surface area (Å²) < 4.78 is 0. The number of nitrogens with zero attached hydrogens (tertiary/aromatic N) is 1. The van der Waals surface area contributed by atoms with Gasteiger partial charge in [0.15, 0.2) is 0 Å². The van der Waals surface area contributed by atoms with E-state index in [4.69, 9.17) is 23.2 Å². The number of hydrogen-bond acceptors (Lipinski definition) is 3. The first-order valence-electron chi connectivity index (χ1n) is 8.64. The molecule has 0 aliphatic heterocycles. The number of halogens is 2. The van der Waals surface area contributed by atoms with Crippen molar-refractivity contribution in [3.63, 3.8) is 0 Å². The molecule has 0 radical (unpaired) electrons. The summed E-state index contributed by atoms with van der Waals surface area (Å²) in [6, 6.07) is 18.5. The van der Waals surface area contributed by atoms with Gasteiger partial charge in [0.2, 0.25) is 11.8 Å². The number of anilines is 2. The molecule has 3 aromatic carbocycles. The molecular formula is C21H19Cl2N3O2. The molecule has 0 unspecified atom stereocenters. The minimum atomic E-state index is -0.310. The van der Waals surface area contributed by atoms with Crippen molar-refractivity contribution in [2.24, 2.45) is 0 Å². The predicted molar refractivity (Wildman–Crippen MR) is 115 cm³/mol. The van der Waals surface area contributed by atoms with Gasteiger partial charge in [-0.2, -0.15) is 0 Å². The molecule has 0 atom stereocenters. The second-order valence-electron chi connectivity index (χ2n) is 6.39. The molecule has 0 bridgehead atoms. The molecule has 3 aromatic rings. The lowest BCUT2D eigenvalue weighted by atomic mass is 10.1. The van der Waals surface area contributed by atoms with Crippen molar-refractivity contribution in [3.8, 4) is 0 Å². The molecule has 144 valence electrons. The molecule has 28 heavy (non-hydrogen) atoms. The average Bonchev–Trinajstić information content (AvgIpc) is 2.65. The van der Waals surface area contributed by atoms with Gasteiger partial charge < -0.3 is 10.6 Å². The predicted octanol–water partition coefficient (Wildman–Crippen LogP) is 4.66. The summed E-state index contributed by atoms with van der Waals surface area (Å²) in [4.78, 5) is 26.2. The van der Waals surface area contributed by atoms with Gasteiger partial charge in [0.25, 0.3) is 0 Å². The topological polar surface area (TPSA) is 61.4 Å². The van der Waals surface area contributed by atoms with Crippen LogP contribution in [-0.2, 0) is 9.59 Å². The Morgan fingerprint density at radius 3 is 2.11 bits per heavy atom. The molecule has 5 nitrogen and oxygen atoms in total. The van der Waals surface area contributed by atoms with E-state index < -0.39 is 0 Å². The van der Waals surface area contributed by atoms with Gasteiger partial charge in [0.1, 0.15) is 0 Å². The Morgan fingerprint density at radius 1 is 0.821 bits per heavy atom. The van der Waals surface area contributed by atoms with Crippen molar-refractivity contribution < 1.29 is 9.59 Å². The molecule has 0 aliphatic carbocycles. The Labute approximate surface area is 173 Å². The Morgan fingerprint density at radius 2 is 1.39 bits per heavy atom. The zero-order valence-electron chi connectivity index (χ0n) is 15.2. The Kier molecular flexibility index (Phi) is 6.52. The van der Waals surface area contributed by atoms with Crippen LogP contribution in [0.15, 0.2) is 60.7 Å². The number of nitrogens with one attached hydrogen (secondary N) is 2. The molecule has 0 aliphatic rings. The normalized spacial score (nSPS) is 10.9. The molecule has 0 fully saturated rings. The third-order valence-electron chi connectivity index (χ3n) is 4.12. The lowest BCUT2D eigenvalue weighted by molar-refractivity contribution is -0.119. The monoisotopic (exact) mass is 415 g/mol. The summed E-state index contributed by atoms with van der Waals surface area (Å²) >= 11 is 12.1. The molecule has 3 rings (SSSR count). The second-order valence-corrected chi connectivity index (χ2v) is 7.21. The summed E-state index contributed by atoms with van der Waals surface area (Å²) in [6.45, 7) is 0.0808. The Bertz CT molecular complexity index is 998. The van der Waals surface area contributed by atoms with Crippen LogP contribution in [0.1, 0.15) is 0 Å². The van der Waals surface area contributed by atoms with Crippen LogP contribution in [0.4, 0.5) is 11.4 Å². The van der Waals surface area contributed by atoms with Gasteiger partial charge in [-0.3, -0.25) is 14.5 Å². The number of fused-ring (bicyclic) bond motifs is 1. The molecule has 2 N–H and O–H groups in total. The second kappa shape index (κ2) is 9.06. The summed E-state index contributed by atoms with van der Waals surface area (Å²) in [5.41, 5.74) is 1.10. The lowest BCUT2D eigenvalue weighted by Gasteiger charge is -2.17. The summed E-state index contributed by atoms with van der Waals surface area (Å²) in [7, 11) is 1.69. The van der Waals surface area contributed by atoms with Crippen LogP contribution in [0.5, 0.6) is 0 Å². The maximum absolute atomic E-state index is 12.4. The van der Waals surface area contributed by atoms with Gasteiger partial charge in [-0.15, -0.1) is 0 Å². The molecule has 0 saturated heterocycles. The average molecular weight is 416 g/mol.